The fourth-order valence-corrected chi connectivity index (χ4v) is 4.21. The third-order valence-electron chi connectivity index (χ3n) is 5.74. The van der Waals surface area contributed by atoms with Crippen molar-refractivity contribution in [3.05, 3.63) is 0 Å². The second kappa shape index (κ2) is 5.92. The highest BCUT2D eigenvalue weighted by atomic mass is 16.2. The van der Waals surface area contributed by atoms with Gasteiger partial charge < -0.3 is 15.1 Å². The second-order valence-electron chi connectivity index (χ2n) is 7.19. The number of urea groups is 1. The van der Waals surface area contributed by atoms with Gasteiger partial charge in [-0.3, -0.25) is 0 Å². The van der Waals surface area contributed by atoms with Gasteiger partial charge in [0, 0.05) is 31.2 Å². The van der Waals surface area contributed by atoms with E-state index < -0.39 is 0 Å². The van der Waals surface area contributed by atoms with Crippen LogP contribution in [0.25, 0.3) is 0 Å². The van der Waals surface area contributed by atoms with E-state index >= 15 is 0 Å². The molecule has 3 saturated heterocycles. The minimum Gasteiger partial charge on any atom is -0.335 e. The van der Waals surface area contributed by atoms with Gasteiger partial charge in [0.1, 0.15) is 0 Å². The van der Waals surface area contributed by atoms with Crippen LogP contribution in [0.3, 0.4) is 0 Å². The number of carbonyl (C=O) groups is 1. The van der Waals surface area contributed by atoms with Crippen LogP contribution < -0.4 is 5.32 Å². The summed E-state index contributed by atoms with van der Waals surface area (Å²) >= 11 is 0. The molecule has 2 unspecified atom stereocenters. The van der Waals surface area contributed by atoms with E-state index in [4.69, 9.17) is 0 Å². The van der Waals surface area contributed by atoms with Crippen molar-refractivity contribution < 1.29 is 4.79 Å². The van der Waals surface area contributed by atoms with Crippen molar-refractivity contribution in [2.24, 2.45) is 5.92 Å². The summed E-state index contributed by atoms with van der Waals surface area (Å²) in [7, 11) is 2.26. The molecule has 0 aromatic carbocycles. The standard InChI is InChI=1S/C16H29N3O/c1-12-6-8-19(9-7-12)16(20)17-13-10-14-4-3-5-15(11-13)18(14)2/h12-15H,3-11H2,1-2H3,(H,17,20). The van der Waals surface area contributed by atoms with E-state index in [0.717, 1.165) is 44.7 Å². The SMILES string of the molecule is CC1CCN(C(=O)NC2CC3CCCC(C2)N3C)CC1. The van der Waals surface area contributed by atoms with Crippen LogP contribution in [0.2, 0.25) is 0 Å². The summed E-state index contributed by atoms with van der Waals surface area (Å²) in [4.78, 5) is 16.9. The Morgan fingerprint density at radius 1 is 1.05 bits per heavy atom. The average molecular weight is 279 g/mol. The lowest BCUT2D eigenvalue weighted by molar-refractivity contribution is 0.0489. The molecule has 0 radical (unpaired) electrons. The molecule has 4 heteroatoms. The van der Waals surface area contributed by atoms with Gasteiger partial charge in [-0.25, -0.2) is 4.79 Å². The molecule has 3 aliphatic heterocycles. The van der Waals surface area contributed by atoms with E-state index in [-0.39, 0.29) is 6.03 Å². The Balaban J connectivity index is 1.52. The topological polar surface area (TPSA) is 35.6 Å². The van der Waals surface area contributed by atoms with Crippen LogP contribution in [-0.4, -0.2) is 54.1 Å². The van der Waals surface area contributed by atoms with Crippen molar-refractivity contribution in [2.45, 2.75) is 70.0 Å². The molecular formula is C16H29N3O. The summed E-state index contributed by atoms with van der Waals surface area (Å²) in [5.41, 5.74) is 0. The van der Waals surface area contributed by atoms with E-state index in [2.05, 4.69) is 24.2 Å². The van der Waals surface area contributed by atoms with Gasteiger partial charge in [-0.2, -0.15) is 0 Å². The van der Waals surface area contributed by atoms with Gasteiger partial charge in [-0.1, -0.05) is 13.3 Å². The molecule has 2 amide bonds. The third kappa shape index (κ3) is 2.95. The zero-order valence-electron chi connectivity index (χ0n) is 13.0. The number of hydrogen-bond acceptors (Lipinski definition) is 2. The van der Waals surface area contributed by atoms with Crippen LogP contribution >= 0.6 is 0 Å². The molecule has 114 valence electrons. The van der Waals surface area contributed by atoms with E-state index in [1.165, 1.54) is 19.3 Å². The van der Waals surface area contributed by atoms with Crippen LogP contribution in [0.15, 0.2) is 0 Å². The van der Waals surface area contributed by atoms with Gasteiger partial charge >= 0.3 is 6.03 Å². The molecular weight excluding hydrogens is 250 g/mol. The molecule has 3 heterocycles. The Morgan fingerprint density at radius 2 is 1.65 bits per heavy atom. The molecule has 0 spiro atoms. The van der Waals surface area contributed by atoms with Crippen molar-refractivity contribution in [3.8, 4) is 0 Å². The molecule has 3 rings (SSSR count). The Labute approximate surface area is 122 Å². The summed E-state index contributed by atoms with van der Waals surface area (Å²) in [6.45, 7) is 4.16. The van der Waals surface area contributed by atoms with Gasteiger partial charge in [-0.05, 0) is 51.5 Å². The number of likely N-dealkylation sites (tertiary alicyclic amines) is 1. The number of amides is 2. The molecule has 4 nitrogen and oxygen atoms in total. The zero-order valence-corrected chi connectivity index (χ0v) is 13.0. The van der Waals surface area contributed by atoms with E-state index in [9.17, 15) is 4.79 Å². The summed E-state index contributed by atoms with van der Waals surface area (Å²) in [5.74, 6) is 0.779. The first kappa shape index (κ1) is 14.2. The number of piperidine rings is 3. The maximum Gasteiger partial charge on any atom is 0.317 e. The minimum absolute atomic E-state index is 0.185. The van der Waals surface area contributed by atoms with Gasteiger partial charge in [0.2, 0.25) is 0 Å². The van der Waals surface area contributed by atoms with Crippen molar-refractivity contribution in [3.63, 3.8) is 0 Å². The number of rotatable bonds is 1. The van der Waals surface area contributed by atoms with E-state index in [0.29, 0.717) is 18.1 Å². The average Bonchev–Trinajstić information content (AvgIpc) is 2.40. The normalized spacial score (nSPS) is 35.9. The first-order valence-electron chi connectivity index (χ1n) is 8.41. The molecule has 2 bridgehead atoms. The summed E-state index contributed by atoms with van der Waals surface area (Å²) in [6.07, 6.45) is 8.58. The molecule has 3 aliphatic rings. The number of carbonyl (C=O) groups excluding carboxylic acids is 1. The predicted molar refractivity (Wildman–Crippen MR) is 80.7 cm³/mol. The molecule has 20 heavy (non-hydrogen) atoms. The molecule has 2 atom stereocenters. The zero-order chi connectivity index (χ0) is 14.1. The van der Waals surface area contributed by atoms with Crippen molar-refractivity contribution in [1.82, 2.24) is 15.1 Å². The van der Waals surface area contributed by atoms with Crippen LogP contribution in [-0.2, 0) is 0 Å². The van der Waals surface area contributed by atoms with Crippen LogP contribution in [0, 0.1) is 5.92 Å². The van der Waals surface area contributed by atoms with Crippen molar-refractivity contribution in [1.29, 1.82) is 0 Å². The first-order valence-corrected chi connectivity index (χ1v) is 8.41. The van der Waals surface area contributed by atoms with Crippen LogP contribution in [0.4, 0.5) is 4.79 Å². The fourth-order valence-electron chi connectivity index (χ4n) is 4.21. The smallest absolute Gasteiger partial charge is 0.317 e. The van der Waals surface area contributed by atoms with Gasteiger partial charge in [0.15, 0.2) is 0 Å². The quantitative estimate of drug-likeness (QED) is 0.800. The van der Waals surface area contributed by atoms with Crippen molar-refractivity contribution >= 4 is 6.03 Å². The number of hydrogen-bond donors (Lipinski definition) is 1. The van der Waals surface area contributed by atoms with Gasteiger partial charge in [0.25, 0.3) is 0 Å². The molecule has 0 aromatic heterocycles. The second-order valence-corrected chi connectivity index (χ2v) is 7.19. The molecule has 0 aromatic rings. The van der Waals surface area contributed by atoms with Crippen molar-refractivity contribution in [2.75, 3.05) is 20.1 Å². The van der Waals surface area contributed by atoms with Gasteiger partial charge in [-0.15, -0.1) is 0 Å². The maximum atomic E-state index is 12.4. The highest BCUT2D eigenvalue weighted by Crippen LogP contribution is 2.32. The van der Waals surface area contributed by atoms with E-state index in [1.54, 1.807) is 0 Å². The lowest BCUT2D eigenvalue weighted by Gasteiger charge is -2.47. The first-order chi connectivity index (χ1) is 9.63. The lowest BCUT2D eigenvalue weighted by atomic mass is 9.82. The predicted octanol–water partition coefficient (Wildman–Crippen LogP) is 2.44. The largest absolute Gasteiger partial charge is 0.335 e. The summed E-state index contributed by atoms with van der Waals surface area (Å²) < 4.78 is 0. The number of nitrogens with zero attached hydrogens (tertiary/aromatic N) is 2. The Kier molecular flexibility index (Phi) is 4.20. The Morgan fingerprint density at radius 3 is 2.25 bits per heavy atom. The number of fused-ring (bicyclic) bond motifs is 2. The molecule has 0 saturated carbocycles. The van der Waals surface area contributed by atoms with Gasteiger partial charge in [0.05, 0.1) is 0 Å². The third-order valence-corrected chi connectivity index (χ3v) is 5.74. The highest BCUT2D eigenvalue weighted by Gasteiger charge is 2.37. The lowest BCUT2D eigenvalue weighted by Crippen LogP contribution is -2.57. The fraction of sp³-hybridized carbons (Fsp3) is 0.938. The molecule has 0 aliphatic carbocycles. The number of nitrogens with one attached hydrogen (secondary N) is 1. The summed E-state index contributed by atoms with van der Waals surface area (Å²) in [5, 5.41) is 3.31. The monoisotopic (exact) mass is 279 g/mol. The minimum atomic E-state index is 0.185. The summed E-state index contributed by atoms with van der Waals surface area (Å²) in [6, 6.07) is 1.96. The van der Waals surface area contributed by atoms with Crippen LogP contribution in [0.1, 0.15) is 51.9 Å². The van der Waals surface area contributed by atoms with E-state index in [1.807, 2.05) is 4.90 Å². The Bertz CT molecular complexity index is 338. The molecule has 1 N–H and O–H groups in total. The highest BCUT2D eigenvalue weighted by molar-refractivity contribution is 5.74. The van der Waals surface area contributed by atoms with Crippen LogP contribution in [0.5, 0.6) is 0 Å². The Hall–Kier alpha value is -0.770. The maximum absolute atomic E-state index is 12.4. The molecule has 3 fully saturated rings.